The van der Waals surface area contributed by atoms with Gasteiger partial charge in [-0.2, -0.15) is 4.98 Å². The van der Waals surface area contributed by atoms with Gasteiger partial charge in [0.2, 0.25) is 5.88 Å². The minimum Gasteiger partial charge on any atom is -0.472 e. The number of hydrogen-bond donors (Lipinski definition) is 0. The number of methoxy groups -OCH3 is 1. The van der Waals surface area contributed by atoms with Crippen LogP contribution in [0.3, 0.4) is 0 Å². The quantitative estimate of drug-likeness (QED) is 0.809. The van der Waals surface area contributed by atoms with Crippen molar-refractivity contribution in [1.29, 1.82) is 0 Å². The second-order valence-corrected chi connectivity index (χ2v) is 5.90. The highest BCUT2D eigenvalue weighted by atomic mass is 79.9. The van der Waals surface area contributed by atoms with E-state index in [1.54, 1.807) is 29.3 Å². The van der Waals surface area contributed by atoms with Crippen molar-refractivity contribution < 1.29 is 18.7 Å². The van der Waals surface area contributed by atoms with Crippen molar-refractivity contribution in [1.82, 2.24) is 14.9 Å². The Bertz CT molecular complexity index is 691. The van der Waals surface area contributed by atoms with E-state index >= 15 is 0 Å². The van der Waals surface area contributed by atoms with Crippen LogP contribution in [0, 0.1) is 0 Å². The number of hydrogen-bond acceptors (Lipinski definition) is 6. The van der Waals surface area contributed by atoms with Crippen LogP contribution >= 0.6 is 15.9 Å². The Morgan fingerprint density at radius 3 is 3.04 bits per heavy atom. The van der Waals surface area contributed by atoms with Gasteiger partial charge in [0.15, 0.2) is 10.4 Å². The molecule has 0 spiro atoms. The largest absolute Gasteiger partial charge is 0.472 e. The Kier molecular flexibility index (Phi) is 4.80. The van der Waals surface area contributed by atoms with E-state index in [1.807, 2.05) is 0 Å². The van der Waals surface area contributed by atoms with Crippen molar-refractivity contribution in [3.63, 3.8) is 0 Å². The molecule has 0 aliphatic carbocycles. The van der Waals surface area contributed by atoms with Gasteiger partial charge in [-0.1, -0.05) is 0 Å². The first kappa shape index (κ1) is 15.8. The van der Waals surface area contributed by atoms with Gasteiger partial charge in [-0.3, -0.25) is 4.79 Å². The number of piperidine rings is 1. The molecule has 3 rings (SSSR count). The van der Waals surface area contributed by atoms with Gasteiger partial charge in [-0.05, 0) is 40.9 Å². The zero-order chi connectivity index (χ0) is 16.2. The van der Waals surface area contributed by atoms with Crippen LogP contribution in [0.5, 0.6) is 11.9 Å². The van der Waals surface area contributed by atoms with Crippen molar-refractivity contribution in [3.05, 3.63) is 34.8 Å². The van der Waals surface area contributed by atoms with Crippen LogP contribution in [0.1, 0.15) is 23.4 Å². The maximum absolute atomic E-state index is 12.4. The summed E-state index contributed by atoms with van der Waals surface area (Å²) in [5.74, 6) is 0.627. The lowest BCUT2D eigenvalue weighted by Crippen LogP contribution is -2.44. The van der Waals surface area contributed by atoms with Crippen molar-refractivity contribution in [2.75, 3.05) is 20.2 Å². The second kappa shape index (κ2) is 6.99. The fraction of sp³-hybridized carbons (Fsp3) is 0.400. The predicted molar refractivity (Wildman–Crippen MR) is 84.5 cm³/mol. The molecule has 1 aliphatic rings. The predicted octanol–water partition coefficient (Wildman–Crippen LogP) is 2.52. The van der Waals surface area contributed by atoms with E-state index in [0.717, 1.165) is 12.8 Å². The van der Waals surface area contributed by atoms with E-state index in [4.69, 9.17) is 13.9 Å². The lowest BCUT2D eigenvalue weighted by molar-refractivity contribution is 0.0497. The summed E-state index contributed by atoms with van der Waals surface area (Å²) in [7, 11) is 1.50. The molecular weight excluding hydrogens is 366 g/mol. The number of halogens is 1. The Hall–Kier alpha value is -2.09. The topological polar surface area (TPSA) is 77.7 Å². The smallest absolute Gasteiger partial charge is 0.319 e. The van der Waals surface area contributed by atoms with Crippen molar-refractivity contribution in [3.8, 4) is 11.9 Å². The lowest BCUT2D eigenvalue weighted by Gasteiger charge is -2.32. The van der Waals surface area contributed by atoms with E-state index < -0.39 is 0 Å². The summed E-state index contributed by atoms with van der Waals surface area (Å²) in [5, 5.41) is 0. The summed E-state index contributed by atoms with van der Waals surface area (Å²) in [4.78, 5) is 22.2. The maximum Gasteiger partial charge on any atom is 0.319 e. The minimum atomic E-state index is -0.135. The molecule has 2 aromatic rings. The molecule has 1 unspecified atom stereocenters. The summed E-state index contributed by atoms with van der Waals surface area (Å²) in [6.07, 6.45) is 3.18. The summed E-state index contributed by atoms with van der Waals surface area (Å²) in [6, 6.07) is 5.30. The molecule has 1 fully saturated rings. The maximum atomic E-state index is 12.4. The molecule has 2 aromatic heterocycles. The van der Waals surface area contributed by atoms with Gasteiger partial charge in [0.05, 0.1) is 13.7 Å². The van der Waals surface area contributed by atoms with Crippen LogP contribution in [0.4, 0.5) is 0 Å². The molecule has 1 atom stereocenters. The Balaban J connectivity index is 1.64. The standard InChI is InChI=1S/C15H16BrN3O4/c1-21-15-17-7-6-13(18-15)22-10-3-2-8-19(9-10)14(20)11-4-5-12(16)23-11/h4-7,10H,2-3,8-9H2,1H3. The van der Waals surface area contributed by atoms with Gasteiger partial charge >= 0.3 is 6.01 Å². The molecule has 7 nitrogen and oxygen atoms in total. The first-order chi connectivity index (χ1) is 11.2. The number of furan rings is 1. The Morgan fingerprint density at radius 2 is 2.30 bits per heavy atom. The number of carbonyl (C=O) groups is 1. The zero-order valence-corrected chi connectivity index (χ0v) is 14.2. The normalized spacial score (nSPS) is 17.8. The highest BCUT2D eigenvalue weighted by molar-refractivity contribution is 9.10. The molecule has 3 heterocycles. The van der Waals surface area contributed by atoms with E-state index in [0.29, 0.717) is 29.4 Å². The molecule has 122 valence electrons. The zero-order valence-electron chi connectivity index (χ0n) is 12.6. The van der Waals surface area contributed by atoms with Crippen molar-refractivity contribution in [2.45, 2.75) is 18.9 Å². The minimum absolute atomic E-state index is 0.120. The Morgan fingerprint density at radius 1 is 1.43 bits per heavy atom. The Labute approximate surface area is 141 Å². The summed E-state index contributed by atoms with van der Waals surface area (Å²) >= 11 is 3.21. The second-order valence-electron chi connectivity index (χ2n) is 5.12. The third-order valence-corrected chi connectivity index (χ3v) is 3.95. The van der Waals surface area contributed by atoms with E-state index in [1.165, 1.54) is 7.11 Å². The number of ether oxygens (including phenoxy) is 2. The molecule has 0 N–H and O–H groups in total. The molecule has 1 amide bonds. The molecule has 0 bridgehead atoms. The summed E-state index contributed by atoms with van der Waals surface area (Å²) < 4.78 is 16.7. The fourth-order valence-corrected chi connectivity index (χ4v) is 2.77. The van der Waals surface area contributed by atoms with Crippen LogP contribution in [0.2, 0.25) is 0 Å². The highest BCUT2D eigenvalue weighted by Crippen LogP contribution is 2.21. The highest BCUT2D eigenvalue weighted by Gasteiger charge is 2.27. The monoisotopic (exact) mass is 381 g/mol. The van der Waals surface area contributed by atoms with Crippen LogP contribution in [-0.4, -0.2) is 47.1 Å². The molecule has 0 radical (unpaired) electrons. The first-order valence-corrected chi connectivity index (χ1v) is 8.03. The first-order valence-electron chi connectivity index (χ1n) is 7.24. The molecule has 0 saturated carbocycles. The van der Waals surface area contributed by atoms with Gasteiger partial charge in [-0.15, -0.1) is 0 Å². The average Bonchev–Trinajstić information content (AvgIpc) is 3.01. The number of aromatic nitrogens is 2. The van der Waals surface area contributed by atoms with E-state index in [9.17, 15) is 4.79 Å². The number of likely N-dealkylation sites (tertiary alicyclic amines) is 1. The van der Waals surface area contributed by atoms with E-state index in [2.05, 4.69) is 25.9 Å². The molecule has 1 saturated heterocycles. The third kappa shape index (κ3) is 3.82. The molecule has 23 heavy (non-hydrogen) atoms. The fourth-order valence-electron chi connectivity index (χ4n) is 2.46. The van der Waals surface area contributed by atoms with Crippen LogP contribution in [0.15, 0.2) is 33.5 Å². The lowest BCUT2D eigenvalue weighted by atomic mass is 10.1. The molecule has 8 heteroatoms. The van der Waals surface area contributed by atoms with Crippen LogP contribution in [0.25, 0.3) is 0 Å². The van der Waals surface area contributed by atoms with Crippen LogP contribution in [-0.2, 0) is 0 Å². The van der Waals surface area contributed by atoms with Gasteiger partial charge < -0.3 is 18.8 Å². The number of rotatable bonds is 4. The number of nitrogens with zero attached hydrogens (tertiary/aromatic N) is 3. The number of carbonyl (C=O) groups excluding carboxylic acids is 1. The van der Waals surface area contributed by atoms with Gasteiger partial charge in [-0.25, -0.2) is 4.98 Å². The SMILES string of the molecule is COc1nccc(OC2CCCN(C(=O)c3ccc(Br)o3)C2)n1. The van der Waals surface area contributed by atoms with Gasteiger partial charge in [0.25, 0.3) is 5.91 Å². The summed E-state index contributed by atoms with van der Waals surface area (Å²) in [5.41, 5.74) is 0. The van der Waals surface area contributed by atoms with Crippen molar-refractivity contribution >= 4 is 21.8 Å². The molecular formula is C15H16BrN3O4. The third-order valence-electron chi connectivity index (χ3n) is 3.53. The van der Waals surface area contributed by atoms with Gasteiger partial charge in [0, 0.05) is 18.8 Å². The molecule has 0 aromatic carbocycles. The van der Waals surface area contributed by atoms with E-state index in [-0.39, 0.29) is 18.0 Å². The number of amides is 1. The van der Waals surface area contributed by atoms with Gasteiger partial charge in [0.1, 0.15) is 6.10 Å². The van der Waals surface area contributed by atoms with Crippen LogP contribution < -0.4 is 9.47 Å². The molecule has 1 aliphatic heterocycles. The average molecular weight is 382 g/mol. The van der Waals surface area contributed by atoms with Crippen molar-refractivity contribution in [2.24, 2.45) is 0 Å². The summed E-state index contributed by atoms with van der Waals surface area (Å²) in [6.45, 7) is 1.17.